The van der Waals surface area contributed by atoms with Crippen molar-refractivity contribution < 1.29 is 4.79 Å². The fourth-order valence-corrected chi connectivity index (χ4v) is 3.76. The van der Waals surface area contributed by atoms with E-state index in [1.165, 1.54) is 0 Å². The molecular weight excluding hydrogens is 318 g/mol. The maximum Gasteiger partial charge on any atom is 0.253 e. The van der Waals surface area contributed by atoms with Crippen LogP contribution in [-0.2, 0) is 6.42 Å². The Balaban J connectivity index is 1.61. The summed E-state index contributed by atoms with van der Waals surface area (Å²) in [4.78, 5) is 14.4. The molecule has 0 spiro atoms. The second-order valence-electron chi connectivity index (χ2n) is 5.46. The molecule has 1 aromatic carbocycles. The highest BCUT2D eigenvalue weighted by atomic mass is 35.5. The topological polar surface area (TPSA) is 46.1 Å². The Kier molecular flexibility index (Phi) is 4.74. The fraction of sp³-hybridized carbons (Fsp3) is 0.438. The first-order valence-corrected chi connectivity index (χ1v) is 8.74. The smallest absolute Gasteiger partial charge is 0.253 e. The number of nitrogens with zero attached hydrogens (tertiary/aromatic N) is 3. The van der Waals surface area contributed by atoms with E-state index in [0.29, 0.717) is 16.5 Å². The first-order valence-electron chi connectivity index (χ1n) is 7.54. The van der Waals surface area contributed by atoms with Crippen molar-refractivity contribution in [2.24, 2.45) is 0 Å². The number of carbonyl (C=O) groups is 1. The number of aromatic nitrogens is 2. The average molecular weight is 336 g/mol. The van der Waals surface area contributed by atoms with E-state index in [-0.39, 0.29) is 5.91 Å². The van der Waals surface area contributed by atoms with Crippen molar-refractivity contribution in [2.75, 3.05) is 13.1 Å². The minimum Gasteiger partial charge on any atom is -0.339 e. The predicted octanol–water partition coefficient (Wildman–Crippen LogP) is 3.77. The summed E-state index contributed by atoms with van der Waals surface area (Å²) in [5.41, 5.74) is 0.701. The maximum atomic E-state index is 12.5. The van der Waals surface area contributed by atoms with Gasteiger partial charge in [0.25, 0.3) is 5.91 Å². The molecule has 22 heavy (non-hydrogen) atoms. The van der Waals surface area contributed by atoms with Crippen molar-refractivity contribution in [2.45, 2.75) is 32.1 Å². The SMILES string of the molecule is CCc1nnc(C2CCN(C(=O)c3ccc(Cl)cc3)CC2)s1. The van der Waals surface area contributed by atoms with Crippen molar-refractivity contribution in [1.82, 2.24) is 15.1 Å². The Morgan fingerprint density at radius 1 is 1.27 bits per heavy atom. The summed E-state index contributed by atoms with van der Waals surface area (Å²) in [6.07, 6.45) is 2.85. The third-order valence-corrected chi connectivity index (χ3v) is 5.49. The van der Waals surface area contributed by atoms with Gasteiger partial charge >= 0.3 is 0 Å². The molecule has 116 valence electrons. The Bertz CT molecular complexity index is 648. The zero-order valence-electron chi connectivity index (χ0n) is 12.5. The van der Waals surface area contributed by atoms with Crippen LogP contribution in [0.5, 0.6) is 0 Å². The predicted molar refractivity (Wildman–Crippen MR) is 88.6 cm³/mol. The first-order chi connectivity index (χ1) is 10.7. The number of carbonyl (C=O) groups excluding carboxylic acids is 1. The molecule has 0 radical (unpaired) electrons. The summed E-state index contributed by atoms with van der Waals surface area (Å²) in [7, 11) is 0. The van der Waals surface area contributed by atoms with E-state index in [9.17, 15) is 4.79 Å². The molecule has 1 aromatic heterocycles. The van der Waals surface area contributed by atoms with Gasteiger partial charge in [0.2, 0.25) is 0 Å². The van der Waals surface area contributed by atoms with Gasteiger partial charge in [0.15, 0.2) is 0 Å². The van der Waals surface area contributed by atoms with Crippen LogP contribution in [0.2, 0.25) is 5.02 Å². The quantitative estimate of drug-likeness (QED) is 0.857. The van der Waals surface area contributed by atoms with E-state index in [1.54, 1.807) is 35.6 Å². The van der Waals surface area contributed by atoms with Gasteiger partial charge in [0.1, 0.15) is 10.0 Å². The molecule has 1 amide bonds. The highest BCUT2D eigenvalue weighted by Crippen LogP contribution is 2.30. The summed E-state index contributed by atoms with van der Waals surface area (Å²) < 4.78 is 0. The fourth-order valence-electron chi connectivity index (χ4n) is 2.68. The molecule has 0 bridgehead atoms. The van der Waals surface area contributed by atoms with Crippen molar-refractivity contribution in [1.29, 1.82) is 0 Å². The van der Waals surface area contributed by atoms with Crippen LogP contribution in [0.25, 0.3) is 0 Å². The minimum atomic E-state index is 0.0848. The molecule has 0 N–H and O–H groups in total. The summed E-state index contributed by atoms with van der Waals surface area (Å²) in [6.45, 7) is 3.64. The summed E-state index contributed by atoms with van der Waals surface area (Å²) in [5, 5.41) is 11.4. The highest BCUT2D eigenvalue weighted by molar-refractivity contribution is 7.11. The number of hydrogen-bond donors (Lipinski definition) is 0. The summed E-state index contributed by atoms with van der Waals surface area (Å²) in [5.74, 6) is 0.522. The third-order valence-electron chi connectivity index (χ3n) is 4.01. The van der Waals surface area contributed by atoms with Gasteiger partial charge in [-0.1, -0.05) is 18.5 Å². The van der Waals surface area contributed by atoms with Gasteiger partial charge in [-0.05, 0) is 43.5 Å². The van der Waals surface area contributed by atoms with Crippen LogP contribution in [-0.4, -0.2) is 34.1 Å². The second-order valence-corrected chi connectivity index (χ2v) is 6.99. The molecule has 1 saturated heterocycles. The van der Waals surface area contributed by atoms with Crippen molar-refractivity contribution in [3.8, 4) is 0 Å². The number of hydrogen-bond acceptors (Lipinski definition) is 4. The lowest BCUT2D eigenvalue weighted by molar-refractivity contribution is 0.0713. The standard InChI is InChI=1S/C16H18ClN3OS/c1-2-14-18-19-15(22-14)11-7-9-20(10-8-11)16(21)12-3-5-13(17)6-4-12/h3-6,11H,2,7-10H2,1H3. The Labute approximate surface area is 139 Å². The molecule has 1 fully saturated rings. The van der Waals surface area contributed by atoms with E-state index < -0.39 is 0 Å². The number of halogens is 1. The monoisotopic (exact) mass is 335 g/mol. The van der Waals surface area contributed by atoms with Crippen LogP contribution in [0.1, 0.15) is 46.1 Å². The van der Waals surface area contributed by atoms with Crippen LogP contribution in [0.4, 0.5) is 0 Å². The van der Waals surface area contributed by atoms with Crippen LogP contribution in [0, 0.1) is 0 Å². The molecular formula is C16H18ClN3OS. The zero-order chi connectivity index (χ0) is 15.5. The third kappa shape index (κ3) is 3.31. The number of aryl methyl sites for hydroxylation is 1. The lowest BCUT2D eigenvalue weighted by Gasteiger charge is -2.31. The minimum absolute atomic E-state index is 0.0848. The number of piperidine rings is 1. The van der Waals surface area contributed by atoms with Gasteiger partial charge in [-0.15, -0.1) is 21.5 Å². The summed E-state index contributed by atoms with van der Waals surface area (Å²) in [6, 6.07) is 7.09. The lowest BCUT2D eigenvalue weighted by atomic mass is 9.97. The average Bonchev–Trinajstić information content (AvgIpc) is 3.04. The molecule has 3 rings (SSSR count). The molecule has 0 unspecified atom stereocenters. The van der Waals surface area contributed by atoms with Crippen molar-refractivity contribution in [3.63, 3.8) is 0 Å². The molecule has 2 heterocycles. The van der Waals surface area contributed by atoms with E-state index >= 15 is 0 Å². The zero-order valence-corrected chi connectivity index (χ0v) is 14.0. The van der Waals surface area contributed by atoms with E-state index in [0.717, 1.165) is 42.4 Å². The molecule has 6 heteroatoms. The summed E-state index contributed by atoms with van der Waals surface area (Å²) >= 11 is 7.57. The number of benzene rings is 1. The van der Waals surface area contributed by atoms with E-state index in [4.69, 9.17) is 11.6 Å². The molecule has 4 nitrogen and oxygen atoms in total. The van der Waals surface area contributed by atoms with E-state index in [2.05, 4.69) is 17.1 Å². The van der Waals surface area contributed by atoms with Crippen molar-refractivity contribution >= 4 is 28.8 Å². The van der Waals surface area contributed by atoms with Gasteiger partial charge < -0.3 is 4.90 Å². The van der Waals surface area contributed by atoms with Gasteiger partial charge in [-0.25, -0.2) is 0 Å². The van der Waals surface area contributed by atoms with E-state index in [1.807, 2.05) is 4.90 Å². The Morgan fingerprint density at radius 3 is 2.55 bits per heavy atom. The lowest BCUT2D eigenvalue weighted by Crippen LogP contribution is -2.37. The van der Waals surface area contributed by atoms with Gasteiger partial charge in [0, 0.05) is 29.6 Å². The van der Waals surface area contributed by atoms with Gasteiger partial charge in [0.05, 0.1) is 0 Å². The second kappa shape index (κ2) is 6.75. The van der Waals surface area contributed by atoms with Gasteiger partial charge in [-0.2, -0.15) is 0 Å². The normalized spacial score (nSPS) is 16.0. The Hall–Kier alpha value is -1.46. The first kappa shape index (κ1) is 15.4. The maximum absolute atomic E-state index is 12.5. The highest BCUT2D eigenvalue weighted by Gasteiger charge is 2.26. The molecule has 2 aromatic rings. The van der Waals surface area contributed by atoms with Crippen LogP contribution in [0.3, 0.4) is 0 Å². The van der Waals surface area contributed by atoms with Crippen LogP contribution in [0.15, 0.2) is 24.3 Å². The number of rotatable bonds is 3. The van der Waals surface area contributed by atoms with Crippen LogP contribution < -0.4 is 0 Å². The molecule has 0 atom stereocenters. The largest absolute Gasteiger partial charge is 0.339 e. The number of likely N-dealkylation sites (tertiary alicyclic amines) is 1. The molecule has 1 aliphatic rings. The Morgan fingerprint density at radius 2 is 1.95 bits per heavy atom. The van der Waals surface area contributed by atoms with Crippen molar-refractivity contribution in [3.05, 3.63) is 44.9 Å². The number of amides is 1. The van der Waals surface area contributed by atoms with Crippen LogP contribution >= 0.6 is 22.9 Å². The van der Waals surface area contributed by atoms with Gasteiger partial charge in [-0.3, -0.25) is 4.79 Å². The molecule has 0 aliphatic carbocycles. The molecule has 0 saturated carbocycles. The molecule has 1 aliphatic heterocycles.